The number of halogens is 2. The molecule has 0 saturated carbocycles. The van der Waals surface area contributed by atoms with E-state index in [9.17, 15) is 33.1 Å². The summed E-state index contributed by atoms with van der Waals surface area (Å²) in [5.74, 6) is -1.29. The number of piperazine rings is 1. The SMILES string of the molecule is CC[C@@H](C(C)OC(=O)OCOC(=O)CCCCCCOP(=O)([O-])[O-])n1ncn(-c2ccc(N3CCN(c4ccc(OC[C@@H]5CO[C@@](Cn6cncn6)(c6ccc(F)cc6F)C5)cc4)CC3)cc2)c1=O.[Na+].[Na+]. The van der Waals surface area contributed by atoms with E-state index in [1.54, 1.807) is 11.6 Å². The van der Waals surface area contributed by atoms with Crippen molar-refractivity contribution < 1.29 is 120 Å². The summed E-state index contributed by atoms with van der Waals surface area (Å²) in [7, 11) is -4.99. The van der Waals surface area contributed by atoms with Crippen LogP contribution in [0.4, 0.5) is 25.0 Å². The Hall–Kier alpha value is -4.19. The van der Waals surface area contributed by atoms with Crippen LogP contribution in [0.3, 0.4) is 0 Å². The van der Waals surface area contributed by atoms with Crippen LogP contribution in [0.15, 0.2) is 90.5 Å². The predicted molar refractivity (Wildman–Crippen MR) is 240 cm³/mol. The number of anilines is 2. The van der Waals surface area contributed by atoms with Crippen molar-refractivity contribution in [2.75, 3.05) is 62.6 Å². The van der Waals surface area contributed by atoms with Crippen molar-refractivity contribution in [2.45, 2.75) is 83.1 Å². The number of esters is 1. The van der Waals surface area contributed by atoms with Crippen LogP contribution in [-0.2, 0) is 45.0 Å². The van der Waals surface area contributed by atoms with E-state index in [0.717, 1.165) is 43.6 Å². The molecule has 0 spiro atoms. The molecule has 2 saturated heterocycles. The Bertz CT molecular complexity index is 2570. The van der Waals surface area contributed by atoms with Crippen LogP contribution in [0, 0.1) is 17.6 Å². The van der Waals surface area contributed by atoms with E-state index < -0.39 is 61.8 Å². The number of rotatable bonds is 23. The number of benzene rings is 3. The monoisotopic (exact) mass is 1030 g/mol. The van der Waals surface area contributed by atoms with E-state index in [4.69, 9.17) is 23.7 Å². The maximum atomic E-state index is 15.0. The van der Waals surface area contributed by atoms with Crippen LogP contribution >= 0.6 is 7.82 Å². The number of hydrogen-bond donors (Lipinski definition) is 0. The number of hydrogen-bond acceptors (Lipinski definition) is 17. The largest absolute Gasteiger partial charge is 1.00 e. The molecule has 71 heavy (non-hydrogen) atoms. The molecule has 0 radical (unpaired) electrons. The fraction of sp³-hybridized carbons (Fsp3) is 0.478. The maximum absolute atomic E-state index is 15.0. The van der Waals surface area contributed by atoms with Gasteiger partial charge in [-0.15, -0.1) is 0 Å². The van der Waals surface area contributed by atoms with Gasteiger partial charge in [0.05, 0.1) is 45.9 Å². The number of carbonyl (C=O) groups is 2. The van der Waals surface area contributed by atoms with Gasteiger partial charge in [0, 0.05) is 61.5 Å². The fourth-order valence-electron chi connectivity index (χ4n) is 8.61. The van der Waals surface area contributed by atoms with Gasteiger partial charge in [-0.1, -0.05) is 25.8 Å². The van der Waals surface area contributed by atoms with E-state index in [1.807, 2.05) is 55.5 Å². The van der Waals surface area contributed by atoms with Gasteiger partial charge >= 0.3 is 76.9 Å². The molecule has 20 nitrogen and oxygen atoms in total. The van der Waals surface area contributed by atoms with Crippen molar-refractivity contribution in [2.24, 2.45) is 5.92 Å². The minimum atomic E-state index is -4.99. The molecule has 5 aromatic rings. The van der Waals surface area contributed by atoms with Crippen molar-refractivity contribution in [1.82, 2.24) is 29.1 Å². The van der Waals surface area contributed by atoms with Gasteiger partial charge in [-0.05, 0) is 87.2 Å². The summed E-state index contributed by atoms with van der Waals surface area (Å²) in [5.41, 5.74) is 1.47. The summed E-state index contributed by atoms with van der Waals surface area (Å²) < 4.78 is 75.4. The number of carbonyl (C=O) groups excluding carboxylic acids is 2. The van der Waals surface area contributed by atoms with E-state index >= 15 is 4.39 Å². The van der Waals surface area contributed by atoms with Crippen LogP contribution in [0.25, 0.3) is 5.69 Å². The first-order chi connectivity index (χ1) is 33.2. The Kier molecular flexibility index (Phi) is 22.1. The zero-order valence-corrected chi connectivity index (χ0v) is 45.2. The second-order valence-corrected chi connectivity index (χ2v) is 18.0. The van der Waals surface area contributed by atoms with Gasteiger partial charge in [-0.2, -0.15) is 10.2 Å². The second-order valence-electron chi connectivity index (χ2n) is 16.9. The van der Waals surface area contributed by atoms with Gasteiger partial charge in [0.25, 0.3) is 0 Å². The second kappa shape index (κ2) is 27.2. The summed E-state index contributed by atoms with van der Waals surface area (Å²) in [6, 6.07) is 18.5. The summed E-state index contributed by atoms with van der Waals surface area (Å²) in [6.45, 7) is 6.55. The number of nitrogens with zero attached hydrogens (tertiary/aromatic N) is 8. The maximum Gasteiger partial charge on any atom is 1.00 e. The van der Waals surface area contributed by atoms with Crippen LogP contribution in [0.2, 0.25) is 0 Å². The van der Waals surface area contributed by atoms with Crippen molar-refractivity contribution in [3.8, 4) is 11.4 Å². The van der Waals surface area contributed by atoms with Crippen molar-refractivity contribution in [3.05, 3.63) is 113 Å². The first-order valence-corrected chi connectivity index (χ1v) is 24.2. The standard InChI is InChI=1S/C46H57F2N8O12P.2Na/c1-3-42(33(2)68-45(59)65-32-64-43(57)8-6-4-5-7-23-67-69(60,61)62)56-44(58)55(31-51-56)38-12-10-36(11-13-38)52-19-21-53(22-20-52)37-14-16-39(17-15-37)63-26-34-25-46(66-27-34,28-54-30-49-29-50-54)40-18-9-35(47)24-41(40)48;;/h9-18,24,29-31,33-34,42H,3-8,19-23,25-28,32H2,1-2H3,(H2,60,61,62);;/q;2*+1/p-2/t33?,34-,42+,46+;;/m1../s1. The third-order valence-corrected chi connectivity index (χ3v) is 12.7. The van der Waals surface area contributed by atoms with E-state index in [1.165, 1.54) is 40.4 Å². The van der Waals surface area contributed by atoms with Crippen LogP contribution in [0.1, 0.15) is 70.4 Å². The third kappa shape index (κ3) is 16.1. The summed E-state index contributed by atoms with van der Waals surface area (Å²) in [4.78, 5) is 67.4. The van der Waals surface area contributed by atoms with Gasteiger partial charge in [0.2, 0.25) is 6.79 Å². The normalized spacial score (nSPS) is 17.7. The summed E-state index contributed by atoms with van der Waals surface area (Å²) in [5, 5.41) is 8.50. The molecule has 25 heteroatoms. The number of unbranched alkanes of at least 4 members (excludes halogenated alkanes) is 3. The molecular weight excluding hydrogens is 971 g/mol. The first kappa shape index (κ1) is 57.7. The zero-order chi connectivity index (χ0) is 49.0. The molecule has 0 amide bonds. The van der Waals surface area contributed by atoms with Crippen LogP contribution in [0.5, 0.6) is 5.75 Å². The molecule has 2 aliphatic rings. The first-order valence-electron chi connectivity index (χ1n) is 22.8. The molecular formula is C46H55F2N8Na2O12P. The molecule has 4 atom stereocenters. The molecule has 3 aromatic carbocycles. The van der Waals surface area contributed by atoms with Gasteiger partial charge in [0.15, 0.2) is 0 Å². The molecule has 4 heterocycles. The van der Waals surface area contributed by atoms with Crippen LogP contribution in [-0.4, -0.2) is 100 Å². The molecule has 2 aliphatic heterocycles. The molecule has 7 rings (SSSR count). The minimum absolute atomic E-state index is 0. The van der Waals surface area contributed by atoms with Crippen LogP contribution < -0.4 is 89.1 Å². The van der Waals surface area contributed by atoms with Gasteiger partial charge < -0.3 is 52.4 Å². The predicted octanol–water partition coefficient (Wildman–Crippen LogP) is -0.961. The van der Waals surface area contributed by atoms with E-state index in [-0.39, 0.29) is 90.2 Å². The number of aromatic nitrogens is 6. The topological polar surface area (TPSA) is 230 Å². The Morgan fingerprint density at radius 3 is 2.18 bits per heavy atom. The fourth-order valence-corrected chi connectivity index (χ4v) is 8.96. The number of phosphoric ester groups is 1. The molecule has 0 aliphatic carbocycles. The number of ether oxygens (including phenoxy) is 5. The van der Waals surface area contributed by atoms with Crippen molar-refractivity contribution in [1.29, 1.82) is 0 Å². The molecule has 0 bridgehead atoms. The Labute approximate surface area is 453 Å². The Balaban J connectivity index is 0.00000469. The number of phosphoric acid groups is 1. The summed E-state index contributed by atoms with van der Waals surface area (Å²) in [6.07, 6.45) is 5.23. The Morgan fingerprint density at radius 2 is 1.55 bits per heavy atom. The molecule has 0 N–H and O–H groups in total. The molecule has 2 fully saturated rings. The Morgan fingerprint density at radius 1 is 0.887 bits per heavy atom. The zero-order valence-electron chi connectivity index (χ0n) is 40.3. The molecule has 2 aromatic heterocycles. The average Bonchev–Trinajstić information content (AvgIpc) is 4.09. The molecule has 372 valence electrons. The average molecular weight is 1030 g/mol. The summed E-state index contributed by atoms with van der Waals surface area (Å²) >= 11 is 0. The van der Waals surface area contributed by atoms with Crippen molar-refractivity contribution >= 4 is 31.3 Å². The third-order valence-electron chi connectivity index (χ3n) is 12.2. The molecule has 1 unspecified atom stereocenters. The van der Waals surface area contributed by atoms with E-state index in [2.05, 4.69) is 29.5 Å². The van der Waals surface area contributed by atoms with Gasteiger partial charge in [-0.3, -0.25) is 4.79 Å². The minimum Gasteiger partial charge on any atom is -0.790 e. The van der Waals surface area contributed by atoms with Gasteiger partial charge in [0.1, 0.15) is 48.1 Å². The van der Waals surface area contributed by atoms with Gasteiger partial charge in [-0.25, -0.2) is 37.3 Å². The quantitative estimate of drug-likeness (QED) is 0.0252. The van der Waals surface area contributed by atoms with E-state index in [0.29, 0.717) is 63.2 Å². The van der Waals surface area contributed by atoms with Crippen molar-refractivity contribution in [3.63, 3.8) is 0 Å². The smallest absolute Gasteiger partial charge is 0.790 e.